The summed E-state index contributed by atoms with van der Waals surface area (Å²) in [6, 6.07) is 4.61. The van der Waals surface area contributed by atoms with Gasteiger partial charge in [0.05, 0.1) is 17.2 Å². The molecule has 19 heavy (non-hydrogen) atoms. The summed E-state index contributed by atoms with van der Waals surface area (Å²) in [7, 11) is -4.32. The third kappa shape index (κ3) is 3.76. The Hall–Kier alpha value is -1.93. The number of carbonyl (C=O) groups is 2. The number of amides is 2. The van der Waals surface area contributed by atoms with Crippen molar-refractivity contribution in [3.05, 3.63) is 24.3 Å². The molecule has 1 N–H and O–H groups in total. The fourth-order valence-corrected chi connectivity index (χ4v) is 1.85. The Morgan fingerprint density at radius 1 is 1.26 bits per heavy atom. The maximum Gasteiger partial charge on any atom is 0.421 e. The number of rotatable bonds is 3. The van der Waals surface area contributed by atoms with E-state index in [1.54, 1.807) is 6.92 Å². The quantitative estimate of drug-likeness (QED) is 0.844. The number of ether oxygens (including phenoxy) is 1. The van der Waals surface area contributed by atoms with E-state index in [-0.39, 0.29) is 17.2 Å². The van der Waals surface area contributed by atoms with E-state index in [0.717, 1.165) is 17.0 Å². The molecule has 0 radical (unpaired) electrons. The zero-order valence-electron chi connectivity index (χ0n) is 10.4. The van der Waals surface area contributed by atoms with Crippen molar-refractivity contribution >= 4 is 27.8 Å². The average molecular weight is 287 g/mol. The van der Waals surface area contributed by atoms with E-state index in [9.17, 15) is 18.0 Å². The van der Waals surface area contributed by atoms with Crippen LogP contribution < -0.4 is 4.90 Å². The molecule has 104 valence electrons. The van der Waals surface area contributed by atoms with Crippen molar-refractivity contribution in [2.75, 3.05) is 11.5 Å². The van der Waals surface area contributed by atoms with Gasteiger partial charge in [-0.1, -0.05) is 0 Å². The van der Waals surface area contributed by atoms with E-state index in [4.69, 9.17) is 9.29 Å². The second-order valence-electron chi connectivity index (χ2n) is 3.52. The molecule has 0 fully saturated rings. The molecule has 7 nitrogen and oxygen atoms in total. The van der Waals surface area contributed by atoms with Crippen LogP contribution in [0.3, 0.4) is 0 Å². The highest BCUT2D eigenvalue weighted by Gasteiger charge is 2.22. The summed E-state index contributed by atoms with van der Waals surface area (Å²) in [5.41, 5.74) is 0.151. The Balaban J connectivity index is 3.12. The van der Waals surface area contributed by atoms with Gasteiger partial charge in [0.25, 0.3) is 10.1 Å². The molecule has 0 bridgehead atoms. The van der Waals surface area contributed by atoms with Crippen LogP contribution in [0.4, 0.5) is 10.5 Å². The topological polar surface area (TPSA) is 101 Å². The number of hydrogen-bond donors (Lipinski definition) is 1. The van der Waals surface area contributed by atoms with Crippen LogP contribution in [0.25, 0.3) is 0 Å². The summed E-state index contributed by atoms with van der Waals surface area (Å²) in [5, 5.41) is 0. The average Bonchev–Trinajstić information content (AvgIpc) is 2.28. The van der Waals surface area contributed by atoms with Gasteiger partial charge < -0.3 is 4.74 Å². The molecule has 0 aliphatic rings. The molecule has 0 heterocycles. The molecule has 0 aliphatic carbocycles. The van der Waals surface area contributed by atoms with E-state index < -0.39 is 22.1 Å². The summed E-state index contributed by atoms with van der Waals surface area (Å²) in [6.07, 6.45) is -0.852. The number of anilines is 1. The first-order valence-electron chi connectivity index (χ1n) is 5.32. The van der Waals surface area contributed by atoms with Crippen LogP contribution in [0.1, 0.15) is 13.8 Å². The van der Waals surface area contributed by atoms with Gasteiger partial charge in [-0.3, -0.25) is 9.35 Å². The third-order valence-electron chi connectivity index (χ3n) is 2.16. The van der Waals surface area contributed by atoms with Gasteiger partial charge in [-0.25, -0.2) is 9.69 Å². The van der Waals surface area contributed by atoms with E-state index in [0.29, 0.717) is 0 Å². The van der Waals surface area contributed by atoms with Gasteiger partial charge in [-0.15, -0.1) is 0 Å². The van der Waals surface area contributed by atoms with Gasteiger partial charge in [-0.2, -0.15) is 8.42 Å². The van der Waals surface area contributed by atoms with E-state index >= 15 is 0 Å². The van der Waals surface area contributed by atoms with Crippen molar-refractivity contribution in [2.24, 2.45) is 0 Å². The lowest BCUT2D eigenvalue weighted by molar-refractivity contribution is -0.116. The van der Waals surface area contributed by atoms with Crippen LogP contribution in [-0.4, -0.2) is 31.6 Å². The molecule has 1 aromatic rings. The predicted molar refractivity (Wildman–Crippen MR) is 66.4 cm³/mol. The van der Waals surface area contributed by atoms with Crippen LogP contribution in [0.15, 0.2) is 29.2 Å². The summed E-state index contributed by atoms with van der Waals surface area (Å²) in [6.45, 7) is 2.87. The highest BCUT2D eigenvalue weighted by atomic mass is 32.2. The van der Waals surface area contributed by atoms with Crippen LogP contribution in [0.5, 0.6) is 0 Å². The molecule has 0 aromatic heterocycles. The van der Waals surface area contributed by atoms with Gasteiger partial charge >= 0.3 is 6.09 Å². The number of benzene rings is 1. The molecule has 0 saturated carbocycles. The smallest absolute Gasteiger partial charge is 0.421 e. The van der Waals surface area contributed by atoms with Gasteiger partial charge in [0.1, 0.15) is 0 Å². The lowest BCUT2D eigenvalue weighted by atomic mass is 10.3. The fraction of sp³-hybridized carbons (Fsp3) is 0.273. The number of carbonyl (C=O) groups excluding carboxylic acids is 2. The molecule has 1 aromatic carbocycles. The maximum absolute atomic E-state index is 11.6. The van der Waals surface area contributed by atoms with Crippen LogP contribution in [0.2, 0.25) is 0 Å². The second kappa shape index (κ2) is 5.81. The lowest BCUT2D eigenvalue weighted by Gasteiger charge is -2.18. The van der Waals surface area contributed by atoms with Gasteiger partial charge in [0.15, 0.2) is 0 Å². The minimum Gasteiger partial charge on any atom is -0.449 e. The minimum atomic E-state index is -4.32. The molecule has 0 atom stereocenters. The predicted octanol–water partition coefficient (Wildman–Crippen LogP) is 1.44. The van der Waals surface area contributed by atoms with Crippen molar-refractivity contribution < 1.29 is 27.3 Å². The first-order valence-corrected chi connectivity index (χ1v) is 6.76. The summed E-state index contributed by atoms with van der Waals surface area (Å²) in [4.78, 5) is 23.4. The first-order chi connectivity index (χ1) is 8.77. The molecule has 0 unspecified atom stereocenters. The molecular weight excluding hydrogens is 274 g/mol. The Morgan fingerprint density at radius 2 is 1.79 bits per heavy atom. The largest absolute Gasteiger partial charge is 0.449 e. The summed E-state index contributed by atoms with van der Waals surface area (Å²) < 4.78 is 35.3. The van der Waals surface area contributed by atoms with Gasteiger partial charge in [0, 0.05) is 6.92 Å². The molecule has 2 amide bonds. The SMILES string of the molecule is CCOC(=O)N(C(C)=O)c1ccc(S(=O)(=O)O)cc1. The van der Waals surface area contributed by atoms with Crippen LogP contribution >= 0.6 is 0 Å². The number of hydrogen-bond acceptors (Lipinski definition) is 5. The minimum absolute atomic E-state index is 0.103. The molecule has 1 rings (SSSR count). The van der Waals surface area contributed by atoms with E-state index in [1.807, 2.05) is 0 Å². The molecule has 0 spiro atoms. The van der Waals surface area contributed by atoms with Crippen LogP contribution in [-0.2, 0) is 19.6 Å². The van der Waals surface area contributed by atoms with Crippen molar-refractivity contribution in [1.82, 2.24) is 0 Å². The fourth-order valence-electron chi connectivity index (χ4n) is 1.37. The Bertz CT molecular complexity index is 578. The lowest BCUT2D eigenvalue weighted by Crippen LogP contribution is -2.35. The summed E-state index contributed by atoms with van der Waals surface area (Å²) in [5.74, 6) is -0.571. The van der Waals surface area contributed by atoms with Crippen LogP contribution in [0, 0.1) is 0 Å². The standard InChI is InChI=1S/C11H13NO6S/c1-3-18-11(14)12(8(2)13)9-4-6-10(7-5-9)19(15,16)17/h4-7H,3H2,1-2H3,(H,15,16,17). The monoisotopic (exact) mass is 287 g/mol. The maximum atomic E-state index is 11.6. The summed E-state index contributed by atoms with van der Waals surface area (Å²) >= 11 is 0. The molecule has 0 saturated heterocycles. The highest BCUT2D eigenvalue weighted by molar-refractivity contribution is 7.85. The zero-order chi connectivity index (χ0) is 14.6. The first kappa shape index (κ1) is 15.1. The molecule has 8 heteroatoms. The Kier molecular flexibility index (Phi) is 4.62. The Labute approximate surface area is 110 Å². The number of imide groups is 1. The van der Waals surface area contributed by atoms with Crippen molar-refractivity contribution in [2.45, 2.75) is 18.7 Å². The zero-order valence-corrected chi connectivity index (χ0v) is 11.2. The van der Waals surface area contributed by atoms with Crippen molar-refractivity contribution in [1.29, 1.82) is 0 Å². The van der Waals surface area contributed by atoms with Gasteiger partial charge in [-0.05, 0) is 31.2 Å². The van der Waals surface area contributed by atoms with E-state index in [2.05, 4.69) is 0 Å². The van der Waals surface area contributed by atoms with E-state index in [1.165, 1.54) is 19.1 Å². The third-order valence-corrected chi connectivity index (χ3v) is 3.03. The second-order valence-corrected chi connectivity index (χ2v) is 4.94. The van der Waals surface area contributed by atoms with Crippen molar-refractivity contribution in [3.8, 4) is 0 Å². The number of nitrogens with zero attached hydrogens (tertiary/aromatic N) is 1. The molecular formula is C11H13NO6S. The van der Waals surface area contributed by atoms with Crippen molar-refractivity contribution in [3.63, 3.8) is 0 Å². The normalized spacial score (nSPS) is 10.9. The highest BCUT2D eigenvalue weighted by Crippen LogP contribution is 2.19. The Morgan fingerprint density at radius 3 is 2.16 bits per heavy atom. The van der Waals surface area contributed by atoms with Gasteiger partial charge in [0.2, 0.25) is 5.91 Å². The molecule has 0 aliphatic heterocycles.